The number of ketones is 1. The fraction of sp³-hybridized carbons (Fsp3) is 0.312. The summed E-state index contributed by atoms with van der Waals surface area (Å²) in [5.74, 6) is 0.648. The Morgan fingerprint density at radius 2 is 2.30 bits per heavy atom. The molecule has 4 rings (SSSR count). The molecule has 0 amide bonds. The average molecular weight is 347 g/mol. The Balaban J connectivity index is 1.91. The number of benzene rings is 1. The van der Waals surface area contributed by atoms with E-state index >= 15 is 0 Å². The number of hydrogen-bond acceptors (Lipinski definition) is 5. The van der Waals surface area contributed by atoms with E-state index in [0.717, 1.165) is 17.7 Å². The lowest BCUT2D eigenvalue weighted by Gasteiger charge is -2.36. The van der Waals surface area contributed by atoms with Gasteiger partial charge >= 0.3 is 0 Å². The van der Waals surface area contributed by atoms with Crippen LogP contribution in [0.25, 0.3) is 0 Å². The summed E-state index contributed by atoms with van der Waals surface area (Å²) in [4.78, 5) is 17.1. The molecule has 1 aromatic heterocycles. The minimum absolute atomic E-state index is 0.211. The molecule has 1 aliphatic heterocycles. The van der Waals surface area contributed by atoms with Crippen molar-refractivity contribution in [2.45, 2.75) is 24.0 Å². The number of thioether (sulfide) groups is 1. The number of nitrogens with one attached hydrogen (secondary N) is 1. The maximum Gasteiger partial charge on any atom is 0.227 e. The van der Waals surface area contributed by atoms with E-state index in [1.54, 1.807) is 0 Å². The number of carbonyl (C=O) groups excluding carboxylic acids is 1. The zero-order valence-corrected chi connectivity index (χ0v) is 14.1. The van der Waals surface area contributed by atoms with E-state index in [1.165, 1.54) is 11.8 Å². The summed E-state index contributed by atoms with van der Waals surface area (Å²) in [6, 6.07) is 7.42. The van der Waals surface area contributed by atoms with E-state index in [1.807, 2.05) is 35.2 Å². The van der Waals surface area contributed by atoms with Crippen molar-refractivity contribution in [2.75, 3.05) is 11.6 Å². The van der Waals surface area contributed by atoms with Crippen LogP contribution in [0.4, 0.5) is 5.95 Å². The topological polar surface area (TPSA) is 59.8 Å². The smallest absolute Gasteiger partial charge is 0.227 e. The van der Waals surface area contributed by atoms with Crippen molar-refractivity contribution in [2.24, 2.45) is 5.92 Å². The molecule has 2 aliphatic rings. The molecule has 1 aliphatic carbocycles. The van der Waals surface area contributed by atoms with Gasteiger partial charge in [0.05, 0.1) is 12.0 Å². The van der Waals surface area contributed by atoms with Crippen LogP contribution in [0.5, 0.6) is 0 Å². The Morgan fingerprint density at radius 1 is 1.43 bits per heavy atom. The summed E-state index contributed by atoms with van der Waals surface area (Å²) in [6.45, 7) is 0. The van der Waals surface area contributed by atoms with Crippen molar-refractivity contribution in [3.05, 3.63) is 46.6 Å². The summed E-state index contributed by atoms with van der Waals surface area (Å²) in [5.41, 5.74) is 1.91. The van der Waals surface area contributed by atoms with Gasteiger partial charge < -0.3 is 5.32 Å². The van der Waals surface area contributed by atoms with Gasteiger partial charge in [-0.1, -0.05) is 41.6 Å². The zero-order valence-electron chi connectivity index (χ0n) is 12.5. The van der Waals surface area contributed by atoms with Crippen molar-refractivity contribution >= 4 is 35.1 Å². The number of nitrogens with zero attached hydrogens (tertiary/aromatic N) is 3. The van der Waals surface area contributed by atoms with Gasteiger partial charge in [-0.2, -0.15) is 4.98 Å². The van der Waals surface area contributed by atoms with E-state index in [2.05, 4.69) is 21.5 Å². The molecule has 1 aromatic carbocycles. The molecule has 0 saturated heterocycles. The number of aromatic nitrogens is 3. The van der Waals surface area contributed by atoms with Gasteiger partial charge in [-0.25, -0.2) is 4.68 Å². The van der Waals surface area contributed by atoms with Crippen LogP contribution in [-0.2, 0) is 4.79 Å². The van der Waals surface area contributed by atoms with Crippen molar-refractivity contribution in [1.82, 2.24) is 14.8 Å². The Morgan fingerprint density at radius 3 is 3.09 bits per heavy atom. The lowest BCUT2D eigenvalue weighted by atomic mass is 9.81. The van der Waals surface area contributed by atoms with Crippen molar-refractivity contribution < 1.29 is 4.79 Å². The van der Waals surface area contributed by atoms with E-state index in [-0.39, 0.29) is 17.7 Å². The van der Waals surface area contributed by atoms with Crippen LogP contribution in [0.2, 0.25) is 5.02 Å². The molecular formula is C16H15ClN4OS. The first-order valence-corrected chi connectivity index (χ1v) is 9.03. The molecule has 0 fully saturated rings. The van der Waals surface area contributed by atoms with E-state index < -0.39 is 0 Å². The normalized spacial score (nSPS) is 22.9. The van der Waals surface area contributed by atoms with Gasteiger partial charge in [0.25, 0.3) is 0 Å². The van der Waals surface area contributed by atoms with E-state index in [4.69, 9.17) is 11.6 Å². The summed E-state index contributed by atoms with van der Waals surface area (Å²) < 4.78 is 1.82. The predicted molar refractivity (Wildman–Crippen MR) is 90.8 cm³/mol. The first-order valence-electron chi connectivity index (χ1n) is 7.43. The number of hydrogen-bond donors (Lipinski definition) is 1. The molecule has 2 atom stereocenters. The maximum absolute atomic E-state index is 12.6. The summed E-state index contributed by atoms with van der Waals surface area (Å²) in [7, 11) is 0. The van der Waals surface area contributed by atoms with Crippen molar-refractivity contribution in [3.8, 4) is 0 Å². The Hall–Kier alpha value is -1.79. The van der Waals surface area contributed by atoms with Gasteiger partial charge in [0.1, 0.15) is 5.78 Å². The van der Waals surface area contributed by atoms with Gasteiger partial charge in [-0.3, -0.25) is 4.79 Å². The van der Waals surface area contributed by atoms with Crippen LogP contribution in [-0.4, -0.2) is 26.8 Å². The SMILES string of the molecule is CSc1nc2n(n1)[C@H](c1cccc(Cl)c1)[C@H]1C(=O)CCC=C1N2. The predicted octanol–water partition coefficient (Wildman–Crippen LogP) is 3.53. The highest BCUT2D eigenvalue weighted by molar-refractivity contribution is 7.98. The van der Waals surface area contributed by atoms with Gasteiger partial charge in [-0.15, -0.1) is 5.10 Å². The summed E-state index contributed by atoms with van der Waals surface area (Å²) in [5, 5.41) is 9.19. The Kier molecular flexibility index (Phi) is 3.66. The molecule has 0 radical (unpaired) electrons. The van der Waals surface area contributed by atoms with Crippen LogP contribution in [0.1, 0.15) is 24.4 Å². The highest BCUT2D eigenvalue weighted by atomic mass is 35.5. The monoisotopic (exact) mass is 346 g/mol. The molecule has 0 saturated carbocycles. The zero-order chi connectivity index (χ0) is 16.0. The van der Waals surface area contributed by atoms with E-state index in [9.17, 15) is 4.79 Å². The third-order valence-electron chi connectivity index (χ3n) is 4.26. The number of Topliss-reactive ketones (excluding diaryl/α,β-unsaturated/α-hetero) is 1. The van der Waals surface area contributed by atoms with Crippen LogP contribution in [0.15, 0.2) is 41.2 Å². The molecule has 23 heavy (non-hydrogen) atoms. The van der Waals surface area contributed by atoms with Crippen molar-refractivity contribution in [3.63, 3.8) is 0 Å². The quantitative estimate of drug-likeness (QED) is 0.843. The Labute approximate surface area is 143 Å². The molecule has 0 bridgehead atoms. The average Bonchev–Trinajstić information content (AvgIpc) is 2.96. The minimum Gasteiger partial charge on any atom is -0.328 e. The third kappa shape index (κ3) is 2.46. The van der Waals surface area contributed by atoms with Crippen LogP contribution in [0.3, 0.4) is 0 Å². The maximum atomic E-state index is 12.6. The summed E-state index contributed by atoms with van der Waals surface area (Å²) in [6.07, 6.45) is 5.36. The number of fused-ring (bicyclic) bond motifs is 2. The second-order valence-corrected chi connectivity index (χ2v) is 6.84. The largest absolute Gasteiger partial charge is 0.328 e. The van der Waals surface area contributed by atoms with E-state index in [0.29, 0.717) is 22.5 Å². The fourth-order valence-corrected chi connectivity index (χ4v) is 3.81. The molecule has 7 heteroatoms. The molecule has 2 aromatic rings. The number of allylic oxidation sites excluding steroid dienone is 2. The second-order valence-electron chi connectivity index (χ2n) is 5.63. The lowest BCUT2D eigenvalue weighted by molar-refractivity contribution is -0.123. The van der Waals surface area contributed by atoms with Gasteiger partial charge in [-0.05, 0) is 30.4 Å². The number of anilines is 1. The number of carbonyl (C=O) groups is 1. The fourth-order valence-electron chi connectivity index (χ4n) is 3.26. The minimum atomic E-state index is -0.258. The van der Waals surface area contributed by atoms with Crippen LogP contribution < -0.4 is 5.32 Å². The second kappa shape index (κ2) is 5.69. The number of halogens is 1. The van der Waals surface area contributed by atoms with Crippen molar-refractivity contribution in [1.29, 1.82) is 0 Å². The third-order valence-corrected chi connectivity index (χ3v) is 5.03. The molecule has 0 unspecified atom stereocenters. The molecule has 5 nitrogen and oxygen atoms in total. The van der Waals surface area contributed by atoms with Crippen LogP contribution in [0, 0.1) is 5.92 Å². The first-order chi connectivity index (χ1) is 11.2. The Bertz CT molecular complexity index is 816. The molecule has 2 heterocycles. The highest BCUT2D eigenvalue weighted by Crippen LogP contribution is 2.42. The lowest BCUT2D eigenvalue weighted by Crippen LogP contribution is -2.38. The summed E-state index contributed by atoms with van der Waals surface area (Å²) >= 11 is 7.65. The standard InChI is InChI=1S/C16H15ClN4OS/c1-23-16-19-15-18-11-6-3-7-12(22)13(11)14(21(15)20-16)9-4-2-5-10(17)8-9/h2,4-6,8,13-14H,3,7H2,1H3,(H,18,19,20)/t13-,14-/m1/s1. The van der Waals surface area contributed by atoms with Gasteiger partial charge in [0.2, 0.25) is 11.1 Å². The first kappa shape index (κ1) is 14.8. The van der Waals surface area contributed by atoms with Crippen LogP contribution >= 0.6 is 23.4 Å². The molecule has 1 N–H and O–H groups in total. The number of rotatable bonds is 2. The van der Waals surface area contributed by atoms with Gasteiger partial charge in [0, 0.05) is 17.1 Å². The molecule has 118 valence electrons. The molecular weight excluding hydrogens is 332 g/mol. The van der Waals surface area contributed by atoms with Gasteiger partial charge in [0.15, 0.2) is 0 Å². The highest BCUT2D eigenvalue weighted by Gasteiger charge is 2.41. The molecule has 0 spiro atoms.